The first-order valence-electron chi connectivity index (χ1n) is 6.16. The second-order valence-corrected chi connectivity index (χ2v) is 5.53. The fraction of sp³-hybridized carbons (Fsp3) is 0.250. The molecule has 2 N–H and O–H groups in total. The van der Waals surface area contributed by atoms with Crippen molar-refractivity contribution in [1.29, 1.82) is 0 Å². The van der Waals surface area contributed by atoms with Crippen molar-refractivity contribution in [3.8, 4) is 23.0 Å². The molecule has 3 nitrogen and oxygen atoms in total. The fourth-order valence-corrected chi connectivity index (χ4v) is 1.71. The molecule has 0 bridgehead atoms. The van der Waals surface area contributed by atoms with Crippen molar-refractivity contribution in [1.82, 2.24) is 0 Å². The fourth-order valence-electron chi connectivity index (χ4n) is 1.71. The third-order valence-corrected chi connectivity index (χ3v) is 2.89. The molecule has 0 aliphatic heterocycles. The minimum atomic E-state index is -0.0193. The van der Waals surface area contributed by atoms with Crippen LogP contribution < -0.4 is 4.74 Å². The highest BCUT2D eigenvalue weighted by Crippen LogP contribution is 2.35. The molecule has 0 fully saturated rings. The second-order valence-electron chi connectivity index (χ2n) is 5.53. The van der Waals surface area contributed by atoms with Gasteiger partial charge >= 0.3 is 0 Å². The van der Waals surface area contributed by atoms with Crippen LogP contribution in [0, 0.1) is 0 Å². The smallest absolute Gasteiger partial charge is 0.169 e. The Morgan fingerprint density at radius 1 is 0.895 bits per heavy atom. The maximum atomic E-state index is 10.00. The molecule has 0 aliphatic carbocycles. The number of aromatic hydroxyl groups is 2. The Balaban J connectivity index is 2.24. The number of hydrogen-bond acceptors (Lipinski definition) is 3. The lowest BCUT2D eigenvalue weighted by Crippen LogP contribution is -2.10. The molecule has 2 aromatic carbocycles. The van der Waals surface area contributed by atoms with Gasteiger partial charge in [0.1, 0.15) is 11.5 Å². The van der Waals surface area contributed by atoms with Gasteiger partial charge in [-0.25, -0.2) is 0 Å². The van der Waals surface area contributed by atoms with E-state index in [-0.39, 0.29) is 16.9 Å². The van der Waals surface area contributed by atoms with Crippen LogP contribution in [0.4, 0.5) is 0 Å². The van der Waals surface area contributed by atoms with Gasteiger partial charge in [0.25, 0.3) is 0 Å². The lowest BCUT2D eigenvalue weighted by atomic mass is 9.87. The first kappa shape index (κ1) is 13.3. The lowest BCUT2D eigenvalue weighted by molar-refractivity contribution is 0.408. The van der Waals surface area contributed by atoms with Crippen LogP contribution >= 0.6 is 0 Å². The normalized spacial score (nSPS) is 11.3. The van der Waals surface area contributed by atoms with Gasteiger partial charge in [-0.15, -0.1) is 0 Å². The van der Waals surface area contributed by atoms with Crippen molar-refractivity contribution in [3.05, 3.63) is 48.0 Å². The topological polar surface area (TPSA) is 49.7 Å². The Bertz CT molecular complexity index is 566. The van der Waals surface area contributed by atoms with Crippen LogP contribution in [-0.4, -0.2) is 10.2 Å². The molecule has 0 saturated carbocycles. The first-order chi connectivity index (χ1) is 8.86. The Labute approximate surface area is 113 Å². The molecule has 0 radical (unpaired) electrons. The van der Waals surface area contributed by atoms with Crippen molar-refractivity contribution in [2.45, 2.75) is 26.2 Å². The summed E-state index contributed by atoms with van der Waals surface area (Å²) in [6, 6.07) is 11.8. The summed E-state index contributed by atoms with van der Waals surface area (Å²) in [7, 11) is 0. The number of benzene rings is 2. The predicted octanol–water partition coefficient (Wildman–Crippen LogP) is 4.19. The highest BCUT2D eigenvalue weighted by molar-refractivity contribution is 5.46. The monoisotopic (exact) mass is 258 g/mol. The van der Waals surface area contributed by atoms with Gasteiger partial charge in [0.2, 0.25) is 0 Å². The summed E-state index contributed by atoms with van der Waals surface area (Å²) in [5.41, 5.74) is 1.03. The van der Waals surface area contributed by atoms with Gasteiger partial charge in [0, 0.05) is 0 Å². The SMILES string of the molecule is CC(C)(C)c1ccc(Oc2ccc(O)cc2)c(O)c1. The Morgan fingerprint density at radius 2 is 1.53 bits per heavy atom. The molecule has 0 spiro atoms. The number of phenolic OH excluding ortho intramolecular Hbond substituents is 2. The molecule has 2 aromatic rings. The van der Waals surface area contributed by atoms with Crippen LogP contribution in [0.1, 0.15) is 26.3 Å². The Hall–Kier alpha value is -2.16. The number of hydrogen-bond donors (Lipinski definition) is 2. The van der Waals surface area contributed by atoms with Gasteiger partial charge in [-0.05, 0) is 47.4 Å². The summed E-state index contributed by atoms with van der Waals surface area (Å²) in [5, 5.41) is 19.2. The van der Waals surface area contributed by atoms with Crippen molar-refractivity contribution in [2.24, 2.45) is 0 Å². The zero-order chi connectivity index (χ0) is 14.0. The van der Waals surface area contributed by atoms with Gasteiger partial charge < -0.3 is 14.9 Å². The van der Waals surface area contributed by atoms with Crippen molar-refractivity contribution in [2.75, 3.05) is 0 Å². The largest absolute Gasteiger partial charge is 0.508 e. The zero-order valence-corrected chi connectivity index (χ0v) is 11.3. The van der Waals surface area contributed by atoms with Crippen LogP contribution in [0.25, 0.3) is 0 Å². The summed E-state index contributed by atoms with van der Waals surface area (Å²) in [6.07, 6.45) is 0. The van der Waals surface area contributed by atoms with Crippen LogP contribution in [0.2, 0.25) is 0 Å². The van der Waals surface area contributed by atoms with Crippen LogP contribution in [0.3, 0.4) is 0 Å². The van der Waals surface area contributed by atoms with Gasteiger partial charge in [-0.2, -0.15) is 0 Å². The molecule has 3 heteroatoms. The maximum Gasteiger partial charge on any atom is 0.169 e. The van der Waals surface area contributed by atoms with Crippen LogP contribution in [-0.2, 0) is 5.41 Å². The Morgan fingerprint density at radius 3 is 2.05 bits per heavy atom. The molecular weight excluding hydrogens is 240 g/mol. The van der Waals surface area contributed by atoms with Crippen LogP contribution in [0.5, 0.6) is 23.0 Å². The standard InChI is InChI=1S/C16H18O3/c1-16(2,3)11-4-9-15(14(18)10-11)19-13-7-5-12(17)6-8-13/h4-10,17-18H,1-3H3. The van der Waals surface area contributed by atoms with Crippen molar-refractivity contribution in [3.63, 3.8) is 0 Å². The summed E-state index contributed by atoms with van der Waals surface area (Å²) in [4.78, 5) is 0. The molecule has 0 unspecified atom stereocenters. The van der Waals surface area contributed by atoms with Gasteiger partial charge in [0.15, 0.2) is 11.5 Å². The summed E-state index contributed by atoms with van der Waals surface area (Å²) >= 11 is 0. The van der Waals surface area contributed by atoms with E-state index in [2.05, 4.69) is 20.8 Å². The molecule has 0 atom stereocenters. The summed E-state index contributed by atoms with van der Waals surface area (Å²) in [5.74, 6) is 1.26. The predicted molar refractivity (Wildman–Crippen MR) is 75.0 cm³/mol. The first-order valence-corrected chi connectivity index (χ1v) is 6.16. The van der Waals surface area contributed by atoms with Crippen LogP contribution in [0.15, 0.2) is 42.5 Å². The second kappa shape index (κ2) is 4.84. The number of rotatable bonds is 2. The Kier molecular flexibility index (Phi) is 3.38. The molecule has 19 heavy (non-hydrogen) atoms. The highest BCUT2D eigenvalue weighted by atomic mass is 16.5. The van der Waals surface area contributed by atoms with E-state index in [0.717, 1.165) is 5.56 Å². The summed E-state index contributed by atoms with van der Waals surface area (Å²) in [6.45, 7) is 6.26. The summed E-state index contributed by atoms with van der Waals surface area (Å²) < 4.78 is 5.57. The number of ether oxygens (including phenoxy) is 1. The maximum absolute atomic E-state index is 10.00. The van der Waals surface area contributed by atoms with E-state index in [4.69, 9.17) is 4.74 Å². The van der Waals surface area contributed by atoms with E-state index in [0.29, 0.717) is 11.5 Å². The molecule has 0 saturated heterocycles. The van der Waals surface area contributed by atoms with Crippen molar-refractivity contribution < 1.29 is 14.9 Å². The minimum absolute atomic E-state index is 0.0193. The third-order valence-electron chi connectivity index (χ3n) is 2.89. The lowest BCUT2D eigenvalue weighted by Gasteiger charge is -2.20. The van der Waals surface area contributed by atoms with Gasteiger partial charge in [-0.3, -0.25) is 0 Å². The van der Waals surface area contributed by atoms with E-state index in [1.54, 1.807) is 24.3 Å². The number of phenols is 2. The zero-order valence-electron chi connectivity index (χ0n) is 11.3. The third kappa shape index (κ3) is 3.19. The van der Waals surface area contributed by atoms with E-state index >= 15 is 0 Å². The molecule has 2 rings (SSSR count). The van der Waals surface area contributed by atoms with Gasteiger partial charge in [0.05, 0.1) is 0 Å². The van der Waals surface area contributed by atoms with E-state index in [9.17, 15) is 10.2 Å². The molecule has 100 valence electrons. The van der Waals surface area contributed by atoms with Crippen molar-refractivity contribution >= 4 is 0 Å². The molecule has 0 aromatic heterocycles. The average molecular weight is 258 g/mol. The molecule has 0 amide bonds. The van der Waals surface area contributed by atoms with E-state index in [1.807, 2.05) is 6.07 Å². The van der Waals surface area contributed by atoms with E-state index in [1.165, 1.54) is 12.1 Å². The average Bonchev–Trinajstić information content (AvgIpc) is 2.33. The molecule has 0 heterocycles. The molecular formula is C16H18O3. The quantitative estimate of drug-likeness (QED) is 0.849. The molecule has 0 aliphatic rings. The van der Waals surface area contributed by atoms with Gasteiger partial charge in [-0.1, -0.05) is 26.8 Å². The highest BCUT2D eigenvalue weighted by Gasteiger charge is 2.16. The van der Waals surface area contributed by atoms with E-state index < -0.39 is 0 Å². The minimum Gasteiger partial charge on any atom is -0.508 e.